The van der Waals surface area contributed by atoms with Gasteiger partial charge in [-0.05, 0) is 51.8 Å². The average Bonchev–Trinajstić information content (AvgIpc) is 3.36. The van der Waals surface area contributed by atoms with Crippen LogP contribution in [0.5, 0.6) is 0 Å². The van der Waals surface area contributed by atoms with E-state index in [1.165, 1.54) is 18.2 Å². The molecule has 0 aromatic heterocycles. The van der Waals surface area contributed by atoms with Crippen LogP contribution in [0.1, 0.15) is 44.7 Å². The molecular formula is C19H22FN3O3S. The van der Waals surface area contributed by atoms with Crippen LogP contribution < -0.4 is 5.32 Å². The predicted molar refractivity (Wildman–Crippen MR) is 103 cm³/mol. The molecule has 1 unspecified atom stereocenters. The van der Waals surface area contributed by atoms with E-state index in [4.69, 9.17) is 6.42 Å². The number of nitrogens with zero attached hydrogens (tertiary/aromatic N) is 2. The fourth-order valence-corrected chi connectivity index (χ4v) is 5.93. The zero-order chi connectivity index (χ0) is 20.0. The minimum Gasteiger partial charge on any atom is -0.465 e. The Labute approximate surface area is 158 Å². The maximum absolute atomic E-state index is 14.6. The van der Waals surface area contributed by atoms with Crippen LogP contribution in [0.15, 0.2) is 27.6 Å². The summed E-state index contributed by atoms with van der Waals surface area (Å²) in [4.78, 5) is 15.8. The number of carboxylic acid groups (broad SMARTS) is 1. The van der Waals surface area contributed by atoms with Gasteiger partial charge < -0.3 is 5.11 Å². The normalized spacial score (nSPS) is 29.4. The highest BCUT2D eigenvalue weighted by Crippen LogP contribution is 2.41. The molecule has 144 valence electrons. The molecule has 1 aliphatic carbocycles. The molecule has 1 heterocycles. The lowest BCUT2D eigenvalue weighted by Crippen LogP contribution is -2.57. The molecule has 1 aromatic rings. The van der Waals surface area contributed by atoms with Gasteiger partial charge in [-0.2, -0.15) is 0 Å². The molecule has 3 rings (SSSR count). The maximum atomic E-state index is 14.6. The van der Waals surface area contributed by atoms with E-state index in [1.807, 2.05) is 0 Å². The third kappa shape index (κ3) is 3.44. The minimum absolute atomic E-state index is 0.00732. The van der Waals surface area contributed by atoms with Crippen LogP contribution in [0.25, 0.3) is 0 Å². The molecule has 0 saturated heterocycles. The van der Waals surface area contributed by atoms with Gasteiger partial charge in [0.25, 0.3) is 0 Å². The third-order valence-corrected chi connectivity index (χ3v) is 8.39. The lowest BCUT2D eigenvalue weighted by molar-refractivity contribution is 0.199. The van der Waals surface area contributed by atoms with Gasteiger partial charge in [-0.3, -0.25) is 10.3 Å². The highest BCUT2D eigenvalue weighted by Gasteiger charge is 2.50. The van der Waals surface area contributed by atoms with Gasteiger partial charge in [0.15, 0.2) is 0 Å². The summed E-state index contributed by atoms with van der Waals surface area (Å²) in [5.41, 5.74) is -0.623. The second kappa shape index (κ2) is 6.34. The first-order valence-electron chi connectivity index (χ1n) is 8.61. The number of aliphatic imine (C=N–C) groups is 1. The molecule has 6 nitrogen and oxygen atoms in total. The number of amides is 1. The monoisotopic (exact) mass is 391 g/mol. The van der Waals surface area contributed by atoms with Crippen LogP contribution >= 0.6 is 0 Å². The summed E-state index contributed by atoms with van der Waals surface area (Å²) >= 11 is 0. The molecule has 1 aromatic carbocycles. The van der Waals surface area contributed by atoms with Crippen molar-refractivity contribution in [3.05, 3.63) is 35.1 Å². The Balaban J connectivity index is 2.25. The van der Waals surface area contributed by atoms with Crippen LogP contribution in [0.2, 0.25) is 0 Å². The van der Waals surface area contributed by atoms with E-state index < -0.39 is 31.9 Å². The number of hydrogen-bond donors (Lipinski definition) is 2. The van der Waals surface area contributed by atoms with E-state index in [0.29, 0.717) is 5.56 Å². The van der Waals surface area contributed by atoms with Crippen LogP contribution in [0, 0.1) is 18.2 Å². The zero-order valence-corrected chi connectivity index (χ0v) is 16.3. The number of carbonyl (C=O) groups is 1. The summed E-state index contributed by atoms with van der Waals surface area (Å²) in [5.74, 6) is 1.92. The second-order valence-corrected chi connectivity index (χ2v) is 10.4. The Hall–Kier alpha value is -2.40. The molecule has 8 heteroatoms. The molecule has 1 amide bonds. The first-order chi connectivity index (χ1) is 12.5. The highest BCUT2D eigenvalue weighted by molar-refractivity contribution is 7.95. The van der Waals surface area contributed by atoms with E-state index in [2.05, 4.69) is 20.6 Å². The lowest BCUT2D eigenvalue weighted by Gasteiger charge is -2.41. The SMILES string of the molecule is C#Cc1ccc(F)c([C@]2(C)CS(=O)(=NC3CC3)C(C)(C)C(NC(=O)O)=N2)c1. The average molecular weight is 391 g/mol. The van der Waals surface area contributed by atoms with Crippen molar-refractivity contribution in [1.82, 2.24) is 5.32 Å². The van der Waals surface area contributed by atoms with E-state index in [-0.39, 0.29) is 23.2 Å². The van der Waals surface area contributed by atoms with Gasteiger partial charge in [0.1, 0.15) is 21.9 Å². The Morgan fingerprint density at radius 2 is 2.11 bits per heavy atom. The Kier molecular flexibility index (Phi) is 4.55. The van der Waals surface area contributed by atoms with Crippen molar-refractivity contribution in [1.29, 1.82) is 0 Å². The summed E-state index contributed by atoms with van der Waals surface area (Å²) in [5, 5.41) is 11.5. The van der Waals surface area contributed by atoms with Crippen molar-refractivity contribution in [3.63, 3.8) is 0 Å². The van der Waals surface area contributed by atoms with Gasteiger partial charge in [-0.25, -0.2) is 17.8 Å². The van der Waals surface area contributed by atoms with Gasteiger partial charge >= 0.3 is 6.09 Å². The molecule has 0 radical (unpaired) electrons. The quantitative estimate of drug-likeness (QED) is 0.759. The third-order valence-electron chi connectivity index (χ3n) is 5.01. The molecule has 0 spiro atoms. The molecule has 2 atom stereocenters. The fourth-order valence-electron chi connectivity index (χ4n) is 3.16. The van der Waals surface area contributed by atoms with Crippen molar-refractivity contribution in [3.8, 4) is 12.3 Å². The van der Waals surface area contributed by atoms with Gasteiger partial charge in [-0.15, -0.1) is 6.42 Å². The number of rotatable bonds is 2. The van der Waals surface area contributed by atoms with Crippen LogP contribution in [0.4, 0.5) is 9.18 Å². The number of amidine groups is 1. The standard InChI is InChI=1S/C19H22FN3O3S/c1-5-12-6-9-15(20)14(10-12)19(4)11-27(26,23-13-7-8-13)18(2,3)16(22-19)21-17(24)25/h1,6,9-10,13H,7-8,11H2,2-4H3,(H,21,22)(H,24,25)/t19-,27?/m0/s1. The number of terminal acetylenes is 1. The minimum atomic E-state index is -2.94. The lowest BCUT2D eigenvalue weighted by atomic mass is 9.92. The second-order valence-electron chi connectivity index (χ2n) is 7.64. The summed E-state index contributed by atoms with van der Waals surface area (Å²) in [6.07, 6.45) is 5.81. The maximum Gasteiger partial charge on any atom is 0.410 e. The Morgan fingerprint density at radius 3 is 2.67 bits per heavy atom. The summed E-state index contributed by atoms with van der Waals surface area (Å²) in [6.45, 7) is 4.94. The van der Waals surface area contributed by atoms with E-state index in [9.17, 15) is 18.5 Å². The number of hydrogen-bond acceptors (Lipinski definition) is 4. The first-order valence-corrected chi connectivity index (χ1v) is 10.3. The van der Waals surface area contributed by atoms with Gasteiger partial charge in [0.05, 0.1) is 21.5 Å². The molecular weight excluding hydrogens is 369 g/mol. The fraction of sp³-hybridized carbons (Fsp3) is 0.474. The van der Waals surface area contributed by atoms with Crippen molar-refractivity contribution in [2.45, 2.75) is 49.9 Å². The van der Waals surface area contributed by atoms with Crippen LogP contribution in [-0.2, 0) is 15.3 Å². The molecule has 1 saturated carbocycles. The number of halogens is 1. The Bertz CT molecular complexity index is 998. The topological polar surface area (TPSA) is 91.1 Å². The van der Waals surface area contributed by atoms with Crippen molar-refractivity contribution < 1.29 is 18.5 Å². The van der Waals surface area contributed by atoms with Crippen LogP contribution in [-0.4, -0.2) is 37.8 Å². The molecule has 0 bridgehead atoms. The van der Waals surface area contributed by atoms with Crippen molar-refractivity contribution in [2.24, 2.45) is 9.36 Å². The van der Waals surface area contributed by atoms with Gasteiger partial charge in [0.2, 0.25) is 0 Å². The molecule has 1 aliphatic heterocycles. The largest absolute Gasteiger partial charge is 0.465 e. The van der Waals surface area contributed by atoms with Crippen molar-refractivity contribution in [2.75, 3.05) is 5.75 Å². The summed E-state index contributed by atoms with van der Waals surface area (Å²) < 4.78 is 32.0. The predicted octanol–water partition coefficient (Wildman–Crippen LogP) is 3.11. The molecule has 27 heavy (non-hydrogen) atoms. The van der Waals surface area contributed by atoms with Gasteiger partial charge in [-0.1, -0.05) is 5.92 Å². The molecule has 2 aliphatic rings. The van der Waals surface area contributed by atoms with Crippen LogP contribution in [0.3, 0.4) is 0 Å². The van der Waals surface area contributed by atoms with E-state index in [0.717, 1.165) is 12.8 Å². The highest BCUT2D eigenvalue weighted by atomic mass is 32.2. The molecule has 1 fully saturated rings. The van der Waals surface area contributed by atoms with E-state index >= 15 is 0 Å². The van der Waals surface area contributed by atoms with Gasteiger partial charge in [0, 0.05) is 11.1 Å². The number of nitrogens with one attached hydrogen (secondary N) is 1. The summed E-state index contributed by atoms with van der Waals surface area (Å²) in [7, 11) is -2.94. The van der Waals surface area contributed by atoms with Crippen molar-refractivity contribution >= 4 is 21.7 Å². The van der Waals surface area contributed by atoms with E-state index in [1.54, 1.807) is 20.8 Å². The number of benzene rings is 1. The first kappa shape index (κ1) is 19.4. The molecule has 2 N–H and O–H groups in total. The Morgan fingerprint density at radius 1 is 1.44 bits per heavy atom. The zero-order valence-electron chi connectivity index (χ0n) is 15.5. The smallest absolute Gasteiger partial charge is 0.410 e. The summed E-state index contributed by atoms with van der Waals surface area (Å²) in [6, 6.07) is 4.20.